The van der Waals surface area contributed by atoms with E-state index in [2.05, 4.69) is 5.10 Å². The predicted octanol–water partition coefficient (Wildman–Crippen LogP) is 2.39. The Labute approximate surface area is 153 Å². The Morgan fingerprint density at radius 1 is 1.19 bits per heavy atom. The van der Waals surface area contributed by atoms with Gasteiger partial charge in [0.05, 0.1) is 30.6 Å². The van der Waals surface area contributed by atoms with Crippen molar-refractivity contribution in [3.05, 3.63) is 46.9 Å². The van der Waals surface area contributed by atoms with Crippen molar-refractivity contribution in [3.63, 3.8) is 0 Å². The Hall–Kier alpha value is -2.25. The zero-order chi connectivity index (χ0) is 18.0. The highest BCUT2D eigenvalue weighted by molar-refractivity contribution is 6.35. The molecule has 3 aliphatic rings. The molecule has 0 radical (unpaired) electrons. The van der Waals surface area contributed by atoms with Crippen LogP contribution >= 0.6 is 11.6 Å². The van der Waals surface area contributed by atoms with Gasteiger partial charge in [-0.15, -0.1) is 0 Å². The van der Waals surface area contributed by atoms with E-state index in [1.807, 2.05) is 0 Å². The quantitative estimate of drug-likeness (QED) is 0.773. The van der Waals surface area contributed by atoms with Crippen LogP contribution in [-0.2, 0) is 20.9 Å². The molecule has 3 aliphatic heterocycles. The van der Waals surface area contributed by atoms with E-state index in [0.29, 0.717) is 5.56 Å². The Bertz CT molecular complexity index is 902. The molecule has 0 spiro atoms. The first-order valence-corrected chi connectivity index (χ1v) is 8.91. The number of ether oxygens (including phenoxy) is 1. The maximum atomic E-state index is 13.3. The number of anilines is 1. The third kappa shape index (κ3) is 2.23. The number of fused-ring (bicyclic) bond motifs is 5. The van der Waals surface area contributed by atoms with Crippen molar-refractivity contribution in [2.45, 2.75) is 31.6 Å². The SMILES string of the molecule is O=C1[C@@H]2[C@@H](C(=O)N1c1nn(Cc3cccc(F)c3)cc1Cl)[C@H]1CC[C@H]2O1. The van der Waals surface area contributed by atoms with E-state index >= 15 is 0 Å². The third-order valence-electron chi connectivity index (χ3n) is 5.43. The van der Waals surface area contributed by atoms with Gasteiger partial charge in [-0.25, -0.2) is 9.29 Å². The van der Waals surface area contributed by atoms with Gasteiger partial charge in [0, 0.05) is 6.20 Å². The van der Waals surface area contributed by atoms with Crippen LogP contribution < -0.4 is 4.90 Å². The maximum Gasteiger partial charge on any atom is 0.241 e. The summed E-state index contributed by atoms with van der Waals surface area (Å²) in [5.41, 5.74) is 0.707. The van der Waals surface area contributed by atoms with Crippen molar-refractivity contribution in [2.24, 2.45) is 11.8 Å². The summed E-state index contributed by atoms with van der Waals surface area (Å²) in [6, 6.07) is 6.15. The Morgan fingerprint density at radius 3 is 2.54 bits per heavy atom. The average molecular weight is 376 g/mol. The lowest BCUT2D eigenvalue weighted by atomic mass is 9.81. The highest BCUT2D eigenvalue weighted by Gasteiger charge is 2.63. The first-order chi connectivity index (χ1) is 12.5. The number of hydrogen-bond acceptors (Lipinski definition) is 4. The topological polar surface area (TPSA) is 64.4 Å². The number of rotatable bonds is 3. The van der Waals surface area contributed by atoms with Crippen LogP contribution in [0.25, 0.3) is 0 Å². The minimum absolute atomic E-state index is 0.145. The summed E-state index contributed by atoms with van der Waals surface area (Å²) in [5.74, 6) is -1.62. The normalized spacial score (nSPS) is 29.7. The van der Waals surface area contributed by atoms with Crippen LogP contribution in [0.3, 0.4) is 0 Å². The van der Waals surface area contributed by atoms with Gasteiger partial charge in [-0.05, 0) is 30.5 Å². The van der Waals surface area contributed by atoms with Crippen LogP contribution in [0.2, 0.25) is 5.02 Å². The highest BCUT2D eigenvalue weighted by Crippen LogP contribution is 2.49. The monoisotopic (exact) mass is 375 g/mol. The molecule has 4 heterocycles. The van der Waals surface area contributed by atoms with Crippen molar-refractivity contribution in [1.29, 1.82) is 0 Å². The summed E-state index contributed by atoms with van der Waals surface area (Å²) in [5, 5.41) is 4.54. The summed E-state index contributed by atoms with van der Waals surface area (Å²) < 4.78 is 20.6. The Kier molecular flexibility index (Phi) is 3.45. The van der Waals surface area contributed by atoms with Gasteiger partial charge in [-0.3, -0.25) is 14.3 Å². The van der Waals surface area contributed by atoms with Crippen molar-refractivity contribution in [1.82, 2.24) is 9.78 Å². The number of imide groups is 1. The first kappa shape index (κ1) is 16.0. The number of carbonyl (C=O) groups excluding carboxylic acids is 2. The molecule has 26 heavy (non-hydrogen) atoms. The molecule has 0 aliphatic carbocycles. The number of hydrogen-bond donors (Lipinski definition) is 0. The van der Waals surface area contributed by atoms with E-state index < -0.39 is 11.8 Å². The van der Waals surface area contributed by atoms with Gasteiger partial charge in [-0.2, -0.15) is 5.10 Å². The fourth-order valence-corrected chi connectivity index (χ4v) is 4.60. The lowest BCUT2D eigenvalue weighted by molar-refractivity contribution is -0.124. The van der Waals surface area contributed by atoms with Crippen LogP contribution in [0.5, 0.6) is 0 Å². The molecule has 0 saturated carbocycles. The molecule has 1 aromatic heterocycles. The standard InChI is InChI=1S/C18H15ClFN3O3/c19-11-8-22(7-9-2-1-3-10(20)6-9)21-16(11)23-17(24)14-12-4-5-13(26-12)15(14)18(23)25/h1-3,6,8,12-15H,4-5,7H2/t12-,13-,14+,15+/m1/s1. The summed E-state index contributed by atoms with van der Waals surface area (Å²) in [6.07, 6.45) is 2.79. The number of benzene rings is 1. The lowest BCUT2D eigenvalue weighted by Gasteiger charge is -2.15. The van der Waals surface area contributed by atoms with Crippen LogP contribution in [0, 0.1) is 17.7 Å². The Balaban J connectivity index is 1.45. The maximum absolute atomic E-state index is 13.3. The largest absolute Gasteiger partial charge is 0.373 e. The number of nitrogens with zero attached hydrogens (tertiary/aromatic N) is 3. The zero-order valence-corrected chi connectivity index (χ0v) is 14.4. The summed E-state index contributed by atoms with van der Waals surface area (Å²) >= 11 is 6.26. The molecule has 1 aromatic carbocycles. The fourth-order valence-electron chi connectivity index (χ4n) is 4.36. The van der Waals surface area contributed by atoms with E-state index in [4.69, 9.17) is 16.3 Å². The molecule has 3 saturated heterocycles. The van der Waals surface area contributed by atoms with Gasteiger partial charge in [0.25, 0.3) is 0 Å². The van der Waals surface area contributed by atoms with Gasteiger partial charge in [0.2, 0.25) is 11.8 Å². The highest BCUT2D eigenvalue weighted by atomic mass is 35.5. The van der Waals surface area contributed by atoms with Crippen LogP contribution in [0.1, 0.15) is 18.4 Å². The number of halogens is 2. The molecule has 2 aromatic rings. The molecule has 3 fully saturated rings. The van der Waals surface area contributed by atoms with Gasteiger partial charge >= 0.3 is 0 Å². The van der Waals surface area contributed by atoms with Crippen LogP contribution in [0.15, 0.2) is 30.5 Å². The molecule has 5 rings (SSSR count). The van der Waals surface area contributed by atoms with Gasteiger partial charge in [0.1, 0.15) is 10.8 Å². The smallest absolute Gasteiger partial charge is 0.241 e. The predicted molar refractivity (Wildman–Crippen MR) is 90.1 cm³/mol. The second kappa shape index (κ2) is 5.62. The van der Waals surface area contributed by atoms with E-state index in [0.717, 1.165) is 17.7 Å². The van der Waals surface area contributed by atoms with E-state index in [1.54, 1.807) is 18.3 Å². The fraction of sp³-hybridized carbons (Fsp3) is 0.389. The molecule has 4 atom stereocenters. The average Bonchev–Trinajstić information content (AvgIpc) is 3.33. The summed E-state index contributed by atoms with van der Waals surface area (Å²) in [7, 11) is 0. The number of aromatic nitrogens is 2. The summed E-state index contributed by atoms with van der Waals surface area (Å²) in [4.78, 5) is 26.7. The van der Waals surface area contributed by atoms with Crippen molar-refractivity contribution >= 4 is 29.2 Å². The zero-order valence-electron chi connectivity index (χ0n) is 13.6. The number of amides is 2. The molecule has 2 bridgehead atoms. The molecule has 0 N–H and O–H groups in total. The second-order valence-corrected chi connectivity index (χ2v) is 7.39. The van der Waals surface area contributed by atoms with Gasteiger partial charge in [0.15, 0.2) is 5.82 Å². The second-order valence-electron chi connectivity index (χ2n) is 6.98. The minimum Gasteiger partial charge on any atom is -0.373 e. The van der Waals surface area contributed by atoms with Crippen LogP contribution in [0.4, 0.5) is 10.2 Å². The van der Waals surface area contributed by atoms with Crippen molar-refractivity contribution in [3.8, 4) is 0 Å². The lowest BCUT2D eigenvalue weighted by Crippen LogP contribution is -2.34. The van der Waals surface area contributed by atoms with Crippen molar-refractivity contribution in [2.75, 3.05) is 4.90 Å². The van der Waals surface area contributed by atoms with Crippen molar-refractivity contribution < 1.29 is 18.7 Å². The van der Waals surface area contributed by atoms with E-state index in [-0.39, 0.29) is 47.2 Å². The molecule has 0 unspecified atom stereocenters. The van der Waals surface area contributed by atoms with Gasteiger partial charge < -0.3 is 4.74 Å². The molecule has 8 heteroatoms. The molecular formula is C18H15ClFN3O3. The van der Waals surface area contributed by atoms with E-state index in [9.17, 15) is 14.0 Å². The minimum atomic E-state index is -0.425. The summed E-state index contributed by atoms with van der Waals surface area (Å²) in [6.45, 7) is 0.287. The van der Waals surface area contributed by atoms with Crippen LogP contribution in [-0.4, -0.2) is 33.8 Å². The van der Waals surface area contributed by atoms with Gasteiger partial charge in [-0.1, -0.05) is 23.7 Å². The molecule has 6 nitrogen and oxygen atoms in total. The Morgan fingerprint density at radius 2 is 1.88 bits per heavy atom. The third-order valence-corrected chi connectivity index (χ3v) is 5.70. The first-order valence-electron chi connectivity index (χ1n) is 8.53. The molecule has 2 amide bonds. The number of carbonyl (C=O) groups is 2. The molecule has 134 valence electrons. The molecular weight excluding hydrogens is 361 g/mol. The van der Waals surface area contributed by atoms with E-state index in [1.165, 1.54) is 16.8 Å².